The summed E-state index contributed by atoms with van der Waals surface area (Å²) in [4.78, 5) is 0. The zero-order chi connectivity index (χ0) is 9.26. The SMILES string of the molecule is CC(C)C[c-]1ccc2ccccc21.I.I.[Zr]. The second kappa shape index (κ2) is 9.15. The van der Waals surface area contributed by atoms with Crippen molar-refractivity contribution in [2.75, 3.05) is 0 Å². The Bertz CT molecular complexity index is 407. The van der Waals surface area contributed by atoms with Gasteiger partial charge in [0.25, 0.3) is 0 Å². The zero-order valence-corrected chi connectivity index (χ0v) is 16.7. The van der Waals surface area contributed by atoms with Crippen LogP contribution in [-0.2, 0) is 32.6 Å². The molecule has 0 N–H and O–H groups in total. The predicted molar refractivity (Wildman–Crippen MR) is 88.9 cm³/mol. The molecule has 2 aromatic carbocycles. The average Bonchev–Trinajstić information content (AvgIpc) is 2.48. The molecule has 0 aliphatic carbocycles. The fourth-order valence-electron chi connectivity index (χ4n) is 1.83. The Morgan fingerprint density at radius 1 is 1.06 bits per heavy atom. The van der Waals surface area contributed by atoms with Gasteiger partial charge >= 0.3 is 0 Å². The molecule has 0 atom stereocenters. The summed E-state index contributed by atoms with van der Waals surface area (Å²) in [6, 6.07) is 13.1. The molecular formula is C13H17I2Zr-. The second-order valence-electron chi connectivity index (χ2n) is 4.04. The molecule has 0 saturated heterocycles. The maximum atomic E-state index is 2.27. The molecule has 0 fully saturated rings. The maximum Gasteiger partial charge on any atom is 0 e. The molecule has 0 bridgehead atoms. The van der Waals surface area contributed by atoms with Crippen LogP contribution in [0.3, 0.4) is 0 Å². The van der Waals surface area contributed by atoms with Crippen molar-refractivity contribution < 1.29 is 26.2 Å². The van der Waals surface area contributed by atoms with Crippen LogP contribution in [0.1, 0.15) is 19.4 Å². The van der Waals surface area contributed by atoms with Gasteiger partial charge in [0.15, 0.2) is 0 Å². The summed E-state index contributed by atoms with van der Waals surface area (Å²) in [7, 11) is 0. The molecule has 88 valence electrons. The van der Waals surface area contributed by atoms with E-state index in [-0.39, 0.29) is 74.2 Å². The summed E-state index contributed by atoms with van der Waals surface area (Å²) in [5.74, 6) is 0.741. The average molecular weight is 518 g/mol. The summed E-state index contributed by atoms with van der Waals surface area (Å²) >= 11 is 0. The van der Waals surface area contributed by atoms with Crippen LogP contribution in [0.2, 0.25) is 0 Å². The standard InChI is InChI=1S/C13H15.2HI.Zr/c1-10(2)9-12-8-7-11-5-3-4-6-13(11)12;;;/h3-8,10H,9H2,1-2H3;2*1H;/q-1;;;. The number of rotatable bonds is 2. The van der Waals surface area contributed by atoms with E-state index < -0.39 is 0 Å². The monoisotopic (exact) mass is 517 g/mol. The van der Waals surface area contributed by atoms with Gasteiger partial charge in [0.2, 0.25) is 0 Å². The van der Waals surface area contributed by atoms with E-state index in [9.17, 15) is 0 Å². The summed E-state index contributed by atoms with van der Waals surface area (Å²) in [5.41, 5.74) is 1.49. The van der Waals surface area contributed by atoms with Crippen molar-refractivity contribution in [2.45, 2.75) is 20.3 Å². The Kier molecular flexibility index (Phi) is 11.2. The molecule has 0 aliphatic rings. The Labute approximate surface area is 151 Å². The van der Waals surface area contributed by atoms with Gasteiger partial charge in [-0.15, -0.1) is 88.6 Å². The quantitative estimate of drug-likeness (QED) is 0.389. The van der Waals surface area contributed by atoms with Gasteiger partial charge in [0, 0.05) is 26.2 Å². The number of benzene rings is 1. The van der Waals surface area contributed by atoms with Crippen molar-refractivity contribution in [2.24, 2.45) is 5.92 Å². The predicted octanol–water partition coefficient (Wildman–Crippen LogP) is 4.99. The van der Waals surface area contributed by atoms with Crippen molar-refractivity contribution in [3.05, 3.63) is 42.0 Å². The molecule has 2 aromatic rings. The fourth-order valence-corrected chi connectivity index (χ4v) is 1.83. The summed E-state index contributed by atoms with van der Waals surface area (Å²) in [5, 5.41) is 2.80. The van der Waals surface area contributed by atoms with Gasteiger partial charge < -0.3 is 0 Å². The van der Waals surface area contributed by atoms with Crippen LogP contribution < -0.4 is 0 Å². The van der Waals surface area contributed by atoms with Crippen LogP contribution in [0.25, 0.3) is 10.8 Å². The Balaban J connectivity index is 0. The van der Waals surface area contributed by atoms with Crippen LogP contribution in [0.15, 0.2) is 36.4 Å². The van der Waals surface area contributed by atoms with Crippen molar-refractivity contribution >= 4 is 58.7 Å². The van der Waals surface area contributed by atoms with Crippen molar-refractivity contribution in [1.82, 2.24) is 0 Å². The molecule has 16 heavy (non-hydrogen) atoms. The van der Waals surface area contributed by atoms with E-state index in [4.69, 9.17) is 0 Å². The van der Waals surface area contributed by atoms with E-state index in [0.717, 1.165) is 5.92 Å². The van der Waals surface area contributed by atoms with Gasteiger partial charge in [0.1, 0.15) is 0 Å². The third-order valence-corrected chi connectivity index (χ3v) is 2.40. The Morgan fingerprint density at radius 2 is 1.69 bits per heavy atom. The molecule has 2 rings (SSSR count). The molecule has 0 unspecified atom stereocenters. The molecule has 0 aromatic heterocycles. The third-order valence-electron chi connectivity index (χ3n) is 2.40. The summed E-state index contributed by atoms with van der Waals surface area (Å²) in [6.07, 6.45) is 1.19. The normalized spacial score (nSPS) is 9.19. The van der Waals surface area contributed by atoms with Crippen LogP contribution in [0.4, 0.5) is 0 Å². The molecule has 0 aliphatic heterocycles. The maximum absolute atomic E-state index is 2.27. The summed E-state index contributed by atoms with van der Waals surface area (Å²) < 4.78 is 0. The van der Waals surface area contributed by atoms with E-state index in [1.54, 1.807) is 0 Å². The van der Waals surface area contributed by atoms with Crippen molar-refractivity contribution in [1.29, 1.82) is 0 Å². The van der Waals surface area contributed by atoms with Crippen LogP contribution in [-0.4, -0.2) is 0 Å². The smallest absolute Gasteiger partial charge is 0 e. The van der Waals surface area contributed by atoms with Gasteiger partial charge in [-0.3, -0.25) is 0 Å². The number of hydrogen-bond donors (Lipinski definition) is 0. The van der Waals surface area contributed by atoms with E-state index in [2.05, 4.69) is 50.2 Å². The van der Waals surface area contributed by atoms with E-state index in [1.807, 2.05) is 0 Å². The van der Waals surface area contributed by atoms with Gasteiger partial charge in [-0.25, -0.2) is 0 Å². The first-order chi connectivity index (χ1) is 6.27. The van der Waals surface area contributed by atoms with Crippen LogP contribution >= 0.6 is 48.0 Å². The largest absolute Gasteiger partial charge is 0.168 e. The van der Waals surface area contributed by atoms with Crippen LogP contribution in [0, 0.1) is 5.92 Å². The minimum atomic E-state index is 0. The van der Waals surface area contributed by atoms with Gasteiger partial charge in [-0.05, 0) is 0 Å². The molecular weight excluding hydrogens is 501 g/mol. The molecule has 0 saturated carbocycles. The first-order valence-corrected chi connectivity index (χ1v) is 4.90. The molecule has 0 spiro atoms. The topological polar surface area (TPSA) is 0 Å². The fraction of sp³-hybridized carbons (Fsp3) is 0.308. The van der Waals surface area contributed by atoms with E-state index in [1.165, 1.54) is 22.8 Å². The zero-order valence-electron chi connectivity index (χ0n) is 9.57. The second-order valence-corrected chi connectivity index (χ2v) is 4.04. The van der Waals surface area contributed by atoms with Gasteiger partial charge in [-0.2, -0.15) is 6.07 Å². The Hall–Kier alpha value is 1.17. The number of hydrogen-bond acceptors (Lipinski definition) is 0. The van der Waals surface area contributed by atoms with Gasteiger partial charge in [-0.1, -0.05) is 32.3 Å². The minimum Gasteiger partial charge on any atom is -0.168 e. The minimum absolute atomic E-state index is 0. The van der Waals surface area contributed by atoms with Gasteiger partial charge in [0.05, 0.1) is 0 Å². The molecule has 3 heteroatoms. The Morgan fingerprint density at radius 3 is 2.31 bits per heavy atom. The number of fused-ring (bicyclic) bond motifs is 1. The molecule has 0 nitrogen and oxygen atoms in total. The van der Waals surface area contributed by atoms with Crippen molar-refractivity contribution in [3.63, 3.8) is 0 Å². The molecule has 0 heterocycles. The molecule has 0 radical (unpaired) electrons. The first-order valence-electron chi connectivity index (χ1n) is 4.90. The van der Waals surface area contributed by atoms with Crippen LogP contribution in [0.5, 0.6) is 0 Å². The first kappa shape index (κ1) is 19.5. The molecule has 0 amide bonds. The third kappa shape index (κ3) is 4.81. The summed E-state index contributed by atoms with van der Waals surface area (Å²) in [6.45, 7) is 4.53. The number of halogens is 2. The van der Waals surface area contributed by atoms with E-state index >= 15 is 0 Å². The van der Waals surface area contributed by atoms with E-state index in [0.29, 0.717) is 0 Å². The van der Waals surface area contributed by atoms with Crippen molar-refractivity contribution in [3.8, 4) is 0 Å².